The standard InChI is InChI=1S/C15H19ClF3N3O3/c1-9(2)22(6-4-13(24)25)12(23)3-5-20-14-11(16)7-10(8-21-14)15(17,18)19/h7-9H,3-6H2,1-2H3,(H,20,21)(H,24,25). The Morgan fingerprint density at radius 2 is 2.00 bits per heavy atom. The van der Waals surface area contributed by atoms with Crippen LogP contribution in [0.3, 0.4) is 0 Å². The molecule has 0 unspecified atom stereocenters. The van der Waals surface area contributed by atoms with E-state index >= 15 is 0 Å². The van der Waals surface area contributed by atoms with Crippen molar-refractivity contribution in [1.82, 2.24) is 9.88 Å². The van der Waals surface area contributed by atoms with Crippen LogP contribution in [0.4, 0.5) is 19.0 Å². The zero-order chi connectivity index (χ0) is 19.2. The Balaban J connectivity index is 2.61. The van der Waals surface area contributed by atoms with Gasteiger partial charge in [0.05, 0.1) is 17.0 Å². The quantitative estimate of drug-likeness (QED) is 0.722. The second-order valence-corrected chi connectivity index (χ2v) is 5.96. The van der Waals surface area contributed by atoms with E-state index in [1.165, 1.54) is 4.90 Å². The third-order valence-electron chi connectivity index (χ3n) is 3.31. The Kier molecular flexibility index (Phi) is 7.47. The molecule has 0 aliphatic rings. The summed E-state index contributed by atoms with van der Waals surface area (Å²) in [6.45, 7) is 3.72. The van der Waals surface area contributed by atoms with Crippen molar-refractivity contribution in [3.8, 4) is 0 Å². The third-order valence-corrected chi connectivity index (χ3v) is 3.60. The number of nitrogens with zero attached hydrogens (tertiary/aromatic N) is 2. The average molecular weight is 382 g/mol. The van der Waals surface area contributed by atoms with E-state index in [1.54, 1.807) is 13.8 Å². The van der Waals surface area contributed by atoms with E-state index in [0.29, 0.717) is 6.20 Å². The number of anilines is 1. The minimum atomic E-state index is -4.53. The number of carbonyl (C=O) groups excluding carboxylic acids is 1. The Hall–Kier alpha value is -2.03. The van der Waals surface area contributed by atoms with E-state index < -0.39 is 17.7 Å². The van der Waals surface area contributed by atoms with Gasteiger partial charge in [-0.1, -0.05) is 11.6 Å². The van der Waals surface area contributed by atoms with Crippen LogP contribution in [0.2, 0.25) is 5.02 Å². The maximum absolute atomic E-state index is 12.5. The predicted octanol–water partition coefficient (Wildman–Crippen LogP) is 3.27. The van der Waals surface area contributed by atoms with E-state index in [-0.39, 0.29) is 48.7 Å². The molecule has 0 aliphatic heterocycles. The van der Waals surface area contributed by atoms with E-state index in [1.807, 2.05) is 0 Å². The van der Waals surface area contributed by atoms with Gasteiger partial charge in [-0.05, 0) is 19.9 Å². The molecule has 0 atom stereocenters. The summed E-state index contributed by atoms with van der Waals surface area (Å²) in [6, 6.07) is 0.589. The minimum Gasteiger partial charge on any atom is -0.481 e. The molecular weight excluding hydrogens is 363 g/mol. The summed E-state index contributed by atoms with van der Waals surface area (Å²) in [5.41, 5.74) is -0.959. The molecule has 6 nitrogen and oxygen atoms in total. The van der Waals surface area contributed by atoms with Crippen molar-refractivity contribution < 1.29 is 27.9 Å². The summed E-state index contributed by atoms with van der Waals surface area (Å²) >= 11 is 5.76. The number of aliphatic carboxylic acids is 1. The number of halogens is 4. The topological polar surface area (TPSA) is 82.5 Å². The van der Waals surface area contributed by atoms with Crippen molar-refractivity contribution >= 4 is 29.3 Å². The van der Waals surface area contributed by atoms with Crippen LogP contribution in [0.15, 0.2) is 12.3 Å². The van der Waals surface area contributed by atoms with Crippen LogP contribution < -0.4 is 5.32 Å². The van der Waals surface area contributed by atoms with Crippen molar-refractivity contribution in [2.24, 2.45) is 0 Å². The molecule has 0 saturated carbocycles. The number of carboxylic acid groups (broad SMARTS) is 1. The van der Waals surface area contributed by atoms with Gasteiger partial charge in [0.25, 0.3) is 0 Å². The highest BCUT2D eigenvalue weighted by atomic mass is 35.5. The van der Waals surface area contributed by atoms with Gasteiger partial charge in [0.15, 0.2) is 0 Å². The first kappa shape index (κ1) is 21.0. The molecule has 1 heterocycles. The van der Waals surface area contributed by atoms with Crippen LogP contribution in [0, 0.1) is 0 Å². The number of amides is 1. The van der Waals surface area contributed by atoms with Gasteiger partial charge in [0.1, 0.15) is 5.82 Å². The maximum Gasteiger partial charge on any atom is 0.417 e. The van der Waals surface area contributed by atoms with Gasteiger partial charge >= 0.3 is 12.1 Å². The molecule has 0 bridgehead atoms. The highest BCUT2D eigenvalue weighted by Gasteiger charge is 2.31. The van der Waals surface area contributed by atoms with Crippen LogP contribution in [0.5, 0.6) is 0 Å². The molecule has 1 rings (SSSR count). The molecule has 0 radical (unpaired) electrons. The van der Waals surface area contributed by atoms with Crippen LogP contribution in [-0.2, 0) is 15.8 Å². The molecular formula is C15H19ClF3N3O3. The lowest BCUT2D eigenvalue weighted by Crippen LogP contribution is -2.39. The largest absolute Gasteiger partial charge is 0.481 e. The van der Waals surface area contributed by atoms with Crippen molar-refractivity contribution in [2.75, 3.05) is 18.4 Å². The number of rotatable bonds is 8. The molecule has 0 aliphatic carbocycles. The van der Waals surface area contributed by atoms with Crippen molar-refractivity contribution in [3.05, 3.63) is 22.8 Å². The monoisotopic (exact) mass is 381 g/mol. The summed E-state index contributed by atoms with van der Waals surface area (Å²) in [7, 11) is 0. The average Bonchev–Trinajstić information content (AvgIpc) is 2.47. The lowest BCUT2D eigenvalue weighted by atomic mass is 10.2. The van der Waals surface area contributed by atoms with Gasteiger partial charge in [-0.25, -0.2) is 4.98 Å². The van der Waals surface area contributed by atoms with E-state index in [0.717, 1.165) is 6.07 Å². The molecule has 0 spiro atoms. The van der Waals surface area contributed by atoms with Gasteiger partial charge in [-0.2, -0.15) is 13.2 Å². The Morgan fingerprint density at radius 1 is 1.36 bits per heavy atom. The van der Waals surface area contributed by atoms with E-state index in [4.69, 9.17) is 16.7 Å². The second kappa shape index (κ2) is 8.89. The lowest BCUT2D eigenvalue weighted by Gasteiger charge is -2.26. The summed E-state index contributed by atoms with van der Waals surface area (Å²) < 4.78 is 37.6. The number of alkyl halides is 3. The summed E-state index contributed by atoms with van der Waals surface area (Å²) in [6.07, 6.45) is -4.02. The zero-order valence-corrected chi connectivity index (χ0v) is 14.5. The van der Waals surface area contributed by atoms with Crippen LogP contribution in [0.25, 0.3) is 0 Å². The molecule has 1 amide bonds. The smallest absolute Gasteiger partial charge is 0.417 e. The fraction of sp³-hybridized carbons (Fsp3) is 0.533. The first-order valence-corrected chi connectivity index (χ1v) is 7.88. The Labute approximate surface area is 148 Å². The van der Waals surface area contributed by atoms with Gasteiger partial charge in [0.2, 0.25) is 5.91 Å². The van der Waals surface area contributed by atoms with Crippen LogP contribution in [0.1, 0.15) is 32.3 Å². The molecule has 140 valence electrons. The zero-order valence-electron chi connectivity index (χ0n) is 13.7. The second-order valence-electron chi connectivity index (χ2n) is 5.55. The summed E-state index contributed by atoms with van der Waals surface area (Å²) in [4.78, 5) is 27.8. The maximum atomic E-state index is 12.5. The highest BCUT2D eigenvalue weighted by Crippen LogP contribution is 2.32. The van der Waals surface area contributed by atoms with Crippen molar-refractivity contribution in [3.63, 3.8) is 0 Å². The number of carbonyl (C=O) groups is 2. The Morgan fingerprint density at radius 3 is 2.48 bits per heavy atom. The molecule has 10 heteroatoms. The SMILES string of the molecule is CC(C)N(CCC(=O)O)C(=O)CCNc1ncc(C(F)(F)F)cc1Cl. The normalized spacial score (nSPS) is 11.5. The van der Waals surface area contributed by atoms with Gasteiger partial charge in [0, 0.05) is 31.7 Å². The number of nitrogens with one attached hydrogen (secondary N) is 1. The van der Waals surface area contributed by atoms with Gasteiger partial charge in [-0.3, -0.25) is 9.59 Å². The van der Waals surface area contributed by atoms with E-state index in [9.17, 15) is 22.8 Å². The molecule has 0 aromatic carbocycles. The van der Waals surface area contributed by atoms with Crippen molar-refractivity contribution in [1.29, 1.82) is 0 Å². The van der Waals surface area contributed by atoms with Crippen LogP contribution >= 0.6 is 11.6 Å². The summed E-state index contributed by atoms with van der Waals surface area (Å²) in [5, 5.41) is 11.2. The molecule has 25 heavy (non-hydrogen) atoms. The first-order valence-electron chi connectivity index (χ1n) is 7.50. The fourth-order valence-corrected chi connectivity index (χ4v) is 2.27. The fourth-order valence-electron chi connectivity index (χ4n) is 2.04. The van der Waals surface area contributed by atoms with Crippen molar-refractivity contribution in [2.45, 2.75) is 38.9 Å². The lowest BCUT2D eigenvalue weighted by molar-refractivity contribution is -0.139. The van der Waals surface area contributed by atoms with E-state index in [2.05, 4.69) is 10.3 Å². The predicted molar refractivity (Wildman–Crippen MR) is 86.5 cm³/mol. The molecule has 1 aromatic rings. The minimum absolute atomic E-state index is 0.0246. The third kappa shape index (κ3) is 6.77. The number of hydrogen-bond donors (Lipinski definition) is 2. The summed E-state index contributed by atoms with van der Waals surface area (Å²) in [5.74, 6) is -1.23. The first-order chi connectivity index (χ1) is 11.5. The number of hydrogen-bond acceptors (Lipinski definition) is 4. The van der Waals surface area contributed by atoms with Crippen LogP contribution in [-0.4, -0.2) is 46.0 Å². The number of aromatic nitrogens is 1. The Bertz CT molecular complexity index is 624. The molecule has 1 aromatic heterocycles. The number of carboxylic acids is 1. The van der Waals surface area contributed by atoms with Gasteiger partial charge in [-0.15, -0.1) is 0 Å². The molecule has 0 fully saturated rings. The highest BCUT2D eigenvalue weighted by molar-refractivity contribution is 6.32. The van der Waals surface area contributed by atoms with Gasteiger partial charge < -0.3 is 15.3 Å². The molecule has 0 saturated heterocycles. The molecule has 2 N–H and O–H groups in total. The number of pyridine rings is 1.